The zero-order chi connectivity index (χ0) is 20.9. The number of carbonyl (C=O) groups is 2. The van der Waals surface area contributed by atoms with Gasteiger partial charge in [-0.25, -0.2) is 0 Å². The molecule has 0 atom stereocenters. The highest BCUT2D eigenvalue weighted by atomic mass is 16.5. The van der Waals surface area contributed by atoms with E-state index < -0.39 is 0 Å². The van der Waals surface area contributed by atoms with Gasteiger partial charge in [0.25, 0.3) is 11.8 Å². The van der Waals surface area contributed by atoms with Crippen molar-refractivity contribution in [3.8, 4) is 11.5 Å². The van der Waals surface area contributed by atoms with E-state index in [4.69, 9.17) is 4.74 Å². The summed E-state index contributed by atoms with van der Waals surface area (Å²) in [6.07, 6.45) is 8.96. The van der Waals surface area contributed by atoms with Gasteiger partial charge in [0, 0.05) is 11.6 Å². The van der Waals surface area contributed by atoms with E-state index in [1.807, 2.05) is 0 Å². The van der Waals surface area contributed by atoms with Gasteiger partial charge in [-0.05, 0) is 81.0 Å². The van der Waals surface area contributed by atoms with Crippen LogP contribution in [0, 0.1) is 0 Å². The maximum atomic E-state index is 12.7. The maximum Gasteiger partial charge on any atom is 0.255 e. The predicted octanol–water partition coefficient (Wildman–Crippen LogP) is 4.64. The lowest BCUT2D eigenvalue weighted by atomic mass is 10.1. The summed E-state index contributed by atoms with van der Waals surface area (Å²) < 4.78 is 5.94. The Bertz CT molecular complexity index is 898. The number of benzene rings is 2. The normalized spacial score (nSPS) is 17.1. The van der Waals surface area contributed by atoms with E-state index in [0.29, 0.717) is 11.3 Å². The summed E-state index contributed by atoms with van der Waals surface area (Å²) in [6.45, 7) is 0. The first-order valence-electron chi connectivity index (χ1n) is 10.8. The van der Waals surface area contributed by atoms with Crippen LogP contribution in [0.5, 0.6) is 11.5 Å². The minimum Gasteiger partial charge on any atom is -0.508 e. The van der Waals surface area contributed by atoms with Crippen LogP contribution in [-0.4, -0.2) is 29.1 Å². The quantitative estimate of drug-likeness (QED) is 0.608. The number of rotatable bonds is 6. The van der Waals surface area contributed by atoms with Crippen molar-refractivity contribution in [1.29, 1.82) is 0 Å². The summed E-state index contributed by atoms with van der Waals surface area (Å²) in [5, 5.41) is 15.6. The van der Waals surface area contributed by atoms with Crippen LogP contribution in [0.2, 0.25) is 0 Å². The second kappa shape index (κ2) is 9.20. The van der Waals surface area contributed by atoms with E-state index in [-0.39, 0.29) is 35.3 Å². The van der Waals surface area contributed by atoms with Gasteiger partial charge in [-0.15, -0.1) is 0 Å². The molecule has 0 unspecified atom stereocenters. The van der Waals surface area contributed by atoms with Gasteiger partial charge < -0.3 is 20.5 Å². The average Bonchev–Trinajstić information content (AvgIpc) is 3.44. The molecule has 2 saturated carbocycles. The van der Waals surface area contributed by atoms with Crippen molar-refractivity contribution in [3.05, 3.63) is 53.6 Å². The summed E-state index contributed by atoms with van der Waals surface area (Å²) in [7, 11) is 0. The first kappa shape index (κ1) is 20.3. The van der Waals surface area contributed by atoms with E-state index in [1.165, 1.54) is 25.0 Å². The molecule has 6 nitrogen and oxygen atoms in total. The number of hydrogen-bond acceptors (Lipinski definition) is 4. The number of phenols is 1. The Morgan fingerprint density at radius 2 is 1.53 bits per heavy atom. The molecule has 0 aliphatic heterocycles. The number of aromatic hydroxyl groups is 1. The van der Waals surface area contributed by atoms with Crippen LogP contribution in [-0.2, 0) is 0 Å². The van der Waals surface area contributed by atoms with Crippen LogP contribution < -0.4 is 15.4 Å². The molecule has 0 heterocycles. The standard InChI is InChI=1S/C24H28N2O4/c27-18-11-14-22(21(15-18)24(29)25-17-5-1-2-6-17)26-23(28)16-9-12-20(13-10-16)30-19-7-3-4-8-19/h9-15,17,19,27H,1-8H2,(H,25,29)(H,26,28). The average molecular weight is 408 g/mol. The Balaban J connectivity index is 1.43. The van der Waals surface area contributed by atoms with E-state index in [1.54, 1.807) is 30.3 Å². The van der Waals surface area contributed by atoms with E-state index >= 15 is 0 Å². The minimum atomic E-state index is -0.317. The third-order valence-corrected chi connectivity index (χ3v) is 5.91. The molecular formula is C24H28N2O4. The van der Waals surface area contributed by atoms with Crippen LogP contribution in [0.3, 0.4) is 0 Å². The van der Waals surface area contributed by atoms with E-state index in [9.17, 15) is 14.7 Å². The van der Waals surface area contributed by atoms with Gasteiger partial charge in [0.2, 0.25) is 0 Å². The third-order valence-electron chi connectivity index (χ3n) is 5.91. The fourth-order valence-electron chi connectivity index (χ4n) is 4.24. The molecule has 0 radical (unpaired) electrons. The number of phenolic OH excluding ortho intramolecular Hbond substituents is 1. The molecule has 2 aromatic carbocycles. The Labute approximate surface area is 176 Å². The lowest BCUT2D eigenvalue weighted by molar-refractivity contribution is 0.0938. The highest BCUT2D eigenvalue weighted by molar-refractivity contribution is 6.09. The summed E-state index contributed by atoms with van der Waals surface area (Å²) in [5.74, 6) is 0.147. The Morgan fingerprint density at radius 3 is 2.23 bits per heavy atom. The van der Waals surface area contributed by atoms with Crippen LogP contribution in [0.4, 0.5) is 5.69 Å². The largest absolute Gasteiger partial charge is 0.508 e. The second-order valence-corrected chi connectivity index (χ2v) is 8.19. The Morgan fingerprint density at radius 1 is 0.867 bits per heavy atom. The molecule has 2 aromatic rings. The zero-order valence-electron chi connectivity index (χ0n) is 17.0. The van der Waals surface area contributed by atoms with Gasteiger partial charge in [0.1, 0.15) is 11.5 Å². The molecule has 0 bridgehead atoms. The van der Waals surface area contributed by atoms with Crippen LogP contribution in [0.25, 0.3) is 0 Å². The SMILES string of the molecule is O=C(Nc1ccc(O)cc1C(=O)NC1CCCC1)c1ccc(OC2CCCC2)cc1. The Hall–Kier alpha value is -3.02. The van der Waals surface area contributed by atoms with Crippen LogP contribution in [0.15, 0.2) is 42.5 Å². The molecule has 3 N–H and O–H groups in total. The fraction of sp³-hybridized carbons (Fsp3) is 0.417. The topological polar surface area (TPSA) is 87.7 Å². The molecule has 0 spiro atoms. The molecule has 158 valence electrons. The number of amides is 2. The smallest absolute Gasteiger partial charge is 0.255 e. The van der Waals surface area contributed by atoms with Crippen molar-refractivity contribution < 1.29 is 19.4 Å². The number of anilines is 1. The van der Waals surface area contributed by atoms with Crippen molar-refractivity contribution in [3.63, 3.8) is 0 Å². The summed E-state index contributed by atoms with van der Waals surface area (Å²) in [4.78, 5) is 25.4. The lowest BCUT2D eigenvalue weighted by Crippen LogP contribution is -2.33. The zero-order valence-corrected chi connectivity index (χ0v) is 17.0. The van der Waals surface area contributed by atoms with Crippen LogP contribution >= 0.6 is 0 Å². The fourth-order valence-corrected chi connectivity index (χ4v) is 4.24. The molecule has 2 aliphatic rings. The maximum absolute atomic E-state index is 12.7. The molecule has 2 amide bonds. The molecule has 2 aliphatic carbocycles. The van der Waals surface area contributed by atoms with E-state index in [0.717, 1.165) is 44.3 Å². The van der Waals surface area contributed by atoms with Gasteiger partial charge in [-0.1, -0.05) is 12.8 Å². The minimum absolute atomic E-state index is 0.0158. The molecular weight excluding hydrogens is 380 g/mol. The molecule has 2 fully saturated rings. The van der Waals surface area contributed by atoms with Crippen molar-refractivity contribution in [2.75, 3.05) is 5.32 Å². The van der Waals surface area contributed by atoms with Gasteiger partial charge in [-0.2, -0.15) is 0 Å². The highest BCUT2D eigenvalue weighted by Crippen LogP contribution is 2.26. The van der Waals surface area contributed by atoms with E-state index in [2.05, 4.69) is 10.6 Å². The first-order chi connectivity index (χ1) is 14.6. The van der Waals surface area contributed by atoms with Gasteiger partial charge in [-0.3, -0.25) is 9.59 Å². The molecule has 0 aromatic heterocycles. The van der Waals surface area contributed by atoms with Crippen molar-refractivity contribution in [2.24, 2.45) is 0 Å². The molecule has 0 saturated heterocycles. The summed E-state index contributed by atoms with van der Waals surface area (Å²) >= 11 is 0. The Kier molecular flexibility index (Phi) is 6.21. The van der Waals surface area contributed by atoms with Crippen LogP contribution in [0.1, 0.15) is 72.1 Å². The van der Waals surface area contributed by atoms with Gasteiger partial charge >= 0.3 is 0 Å². The molecule has 30 heavy (non-hydrogen) atoms. The number of ether oxygens (including phenoxy) is 1. The van der Waals surface area contributed by atoms with Crippen molar-refractivity contribution in [1.82, 2.24) is 5.32 Å². The number of carbonyl (C=O) groups excluding carboxylic acids is 2. The summed E-state index contributed by atoms with van der Waals surface area (Å²) in [5.41, 5.74) is 1.11. The second-order valence-electron chi connectivity index (χ2n) is 8.19. The number of nitrogens with one attached hydrogen (secondary N) is 2. The highest BCUT2D eigenvalue weighted by Gasteiger charge is 2.21. The lowest BCUT2D eigenvalue weighted by Gasteiger charge is -2.16. The predicted molar refractivity (Wildman–Crippen MR) is 115 cm³/mol. The van der Waals surface area contributed by atoms with Crippen molar-refractivity contribution >= 4 is 17.5 Å². The number of hydrogen-bond donors (Lipinski definition) is 3. The third kappa shape index (κ3) is 4.93. The molecule has 4 rings (SSSR count). The summed E-state index contributed by atoms with van der Waals surface area (Å²) in [6, 6.07) is 11.6. The van der Waals surface area contributed by atoms with Gasteiger partial charge in [0.05, 0.1) is 17.4 Å². The monoisotopic (exact) mass is 408 g/mol. The van der Waals surface area contributed by atoms with Crippen molar-refractivity contribution in [2.45, 2.75) is 63.5 Å². The molecule has 6 heteroatoms. The first-order valence-corrected chi connectivity index (χ1v) is 10.8. The van der Waals surface area contributed by atoms with Gasteiger partial charge in [0.15, 0.2) is 0 Å².